The molecule has 3 aromatic carbocycles. The monoisotopic (exact) mass is 519 g/mol. The van der Waals surface area contributed by atoms with Gasteiger partial charge >= 0.3 is 0 Å². The number of ether oxygens (including phenoxy) is 2. The van der Waals surface area contributed by atoms with Crippen LogP contribution in [0.4, 0.5) is 10.1 Å². The van der Waals surface area contributed by atoms with Crippen molar-refractivity contribution in [2.45, 2.75) is 6.61 Å². The fourth-order valence-electron chi connectivity index (χ4n) is 3.10. The molecule has 168 valence electrons. The highest BCUT2D eigenvalue weighted by atomic mass is 35.5. The number of nitrogens with zero attached hydrogens (tertiary/aromatic N) is 1. The largest absolute Gasteiger partial charge is 0.493 e. The Kier molecular flexibility index (Phi) is 7.24. The molecule has 33 heavy (non-hydrogen) atoms. The van der Waals surface area contributed by atoms with Gasteiger partial charge in [0.15, 0.2) is 15.8 Å². The first kappa shape index (κ1) is 23.6. The van der Waals surface area contributed by atoms with Gasteiger partial charge in [0.1, 0.15) is 12.4 Å². The number of thioether (sulfide) groups is 1. The number of halogens is 3. The van der Waals surface area contributed by atoms with Gasteiger partial charge in [-0.3, -0.25) is 9.69 Å². The molecule has 0 unspecified atom stereocenters. The van der Waals surface area contributed by atoms with Gasteiger partial charge in [0.25, 0.3) is 5.91 Å². The zero-order valence-corrected chi connectivity index (χ0v) is 20.3. The number of anilines is 1. The first-order valence-electron chi connectivity index (χ1n) is 9.64. The number of thiocarbonyl (C=S) groups is 1. The molecule has 0 N–H and O–H groups in total. The van der Waals surface area contributed by atoms with Crippen LogP contribution in [-0.2, 0) is 11.4 Å². The van der Waals surface area contributed by atoms with E-state index in [1.54, 1.807) is 37.5 Å². The maximum absolute atomic E-state index is 13.5. The van der Waals surface area contributed by atoms with Crippen molar-refractivity contribution in [3.8, 4) is 11.5 Å². The van der Waals surface area contributed by atoms with Gasteiger partial charge in [-0.1, -0.05) is 65.4 Å². The lowest BCUT2D eigenvalue weighted by Crippen LogP contribution is -2.27. The molecule has 1 aliphatic heterocycles. The van der Waals surface area contributed by atoms with E-state index in [4.69, 9.17) is 44.9 Å². The zero-order chi connectivity index (χ0) is 23.5. The highest BCUT2D eigenvalue weighted by Gasteiger charge is 2.33. The molecule has 0 aliphatic carbocycles. The standard InChI is InChI=1S/C24H16Cl2FNO3S2/c1-30-21-10-15(4-9-20(21)31-13-14-2-5-16(25)6-3-14)11-22-23(29)28(24(32)33-22)17-7-8-19(27)18(26)12-17/h2-12H,13H2,1H3. The van der Waals surface area contributed by atoms with Crippen LogP contribution in [0.2, 0.25) is 10.0 Å². The number of methoxy groups -OCH3 is 1. The van der Waals surface area contributed by atoms with Crippen molar-refractivity contribution in [2.24, 2.45) is 0 Å². The van der Waals surface area contributed by atoms with Gasteiger partial charge in [-0.25, -0.2) is 4.39 Å². The Balaban J connectivity index is 1.53. The van der Waals surface area contributed by atoms with Gasteiger partial charge in [0.05, 0.1) is 22.7 Å². The van der Waals surface area contributed by atoms with Crippen molar-refractivity contribution >= 4 is 69.2 Å². The molecule has 4 rings (SSSR count). The molecule has 1 fully saturated rings. The van der Waals surface area contributed by atoms with Crippen LogP contribution in [0.15, 0.2) is 65.6 Å². The highest BCUT2D eigenvalue weighted by molar-refractivity contribution is 8.27. The number of hydrogen-bond acceptors (Lipinski definition) is 5. The van der Waals surface area contributed by atoms with Gasteiger partial charge in [-0.15, -0.1) is 0 Å². The normalized spacial score (nSPS) is 14.8. The second-order valence-electron chi connectivity index (χ2n) is 6.94. The summed E-state index contributed by atoms with van der Waals surface area (Å²) in [6.45, 7) is 0.353. The second kappa shape index (κ2) is 10.1. The van der Waals surface area contributed by atoms with Crippen molar-refractivity contribution in [1.82, 2.24) is 0 Å². The molecule has 0 saturated carbocycles. The third kappa shape index (κ3) is 5.33. The summed E-state index contributed by atoms with van der Waals surface area (Å²) in [6.07, 6.45) is 1.72. The van der Waals surface area contributed by atoms with Crippen LogP contribution in [-0.4, -0.2) is 17.3 Å². The van der Waals surface area contributed by atoms with Gasteiger partial charge in [0.2, 0.25) is 0 Å². The maximum Gasteiger partial charge on any atom is 0.270 e. The average Bonchev–Trinajstić information content (AvgIpc) is 3.08. The van der Waals surface area contributed by atoms with E-state index < -0.39 is 5.82 Å². The first-order valence-corrected chi connectivity index (χ1v) is 11.6. The minimum Gasteiger partial charge on any atom is -0.493 e. The van der Waals surface area contributed by atoms with Gasteiger partial charge < -0.3 is 9.47 Å². The van der Waals surface area contributed by atoms with Crippen molar-refractivity contribution in [2.75, 3.05) is 12.0 Å². The lowest BCUT2D eigenvalue weighted by Gasteiger charge is -2.14. The van der Waals surface area contributed by atoms with Gasteiger partial charge in [-0.2, -0.15) is 0 Å². The van der Waals surface area contributed by atoms with E-state index in [0.29, 0.717) is 38.0 Å². The van der Waals surface area contributed by atoms with Crippen molar-refractivity contribution in [1.29, 1.82) is 0 Å². The number of amides is 1. The number of hydrogen-bond donors (Lipinski definition) is 0. The molecule has 0 bridgehead atoms. The second-order valence-corrected chi connectivity index (χ2v) is 9.46. The van der Waals surface area contributed by atoms with Crippen LogP contribution >= 0.6 is 47.2 Å². The Labute approximate surface area is 209 Å². The zero-order valence-electron chi connectivity index (χ0n) is 17.2. The molecule has 0 radical (unpaired) electrons. The maximum atomic E-state index is 13.5. The molecule has 1 amide bonds. The number of rotatable bonds is 6. The average molecular weight is 520 g/mol. The predicted octanol–water partition coefficient (Wildman–Crippen LogP) is 7.13. The summed E-state index contributed by atoms with van der Waals surface area (Å²) in [5.74, 6) is 0.221. The molecule has 4 nitrogen and oxygen atoms in total. The summed E-state index contributed by atoms with van der Waals surface area (Å²) in [5.41, 5.74) is 2.12. The van der Waals surface area contributed by atoms with Crippen molar-refractivity contribution in [3.05, 3.63) is 92.6 Å². The Bertz CT molecular complexity index is 1270. The summed E-state index contributed by atoms with van der Waals surface area (Å²) in [6, 6.07) is 16.8. The quantitative estimate of drug-likeness (QED) is 0.256. The van der Waals surface area contributed by atoms with Crippen molar-refractivity contribution < 1.29 is 18.7 Å². The third-order valence-corrected chi connectivity index (χ3v) is 6.59. The lowest BCUT2D eigenvalue weighted by atomic mass is 10.1. The smallest absolute Gasteiger partial charge is 0.270 e. The molecular formula is C24H16Cl2FNO3S2. The van der Waals surface area contributed by atoms with E-state index >= 15 is 0 Å². The highest BCUT2D eigenvalue weighted by Crippen LogP contribution is 2.38. The van der Waals surface area contributed by atoms with E-state index in [9.17, 15) is 9.18 Å². The van der Waals surface area contributed by atoms with E-state index in [1.165, 1.54) is 23.1 Å². The number of carbonyl (C=O) groups is 1. The minimum atomic E-state index is -0.563. The summed E-state index contributed by atoms with van der Waals surface area (Å²) in [7, 11) is 1.55. The fraction of sp³-hybridized carbons (Fsp3) is 0.0833. The van der Waals surface area contributed by atoms with Crippen LogP contribution in [0.3, 0.4) is 0 Å². The van der Waals surface area contributed by atoms with E-state index in [0.717, 1.165) is 22.9 Å². The SMILES string of the molecule is COc1cc(C=C2SC(=S)N(c3ccc(F)c(Cl)c3)C2=O)ccc1OCc1ccc(Cl)cc1. The Hall–Kier alpha value is -2.58. The van der Waals surface area contributed by atoms with E-state index in [-0.39, 0.29) is 10.9 Å². The topological polar surface area (TPSA) is 38.8 Å². The van der Waals surface area contributed by atoms with Crippen LogP contribution in [0, 0.1) is 5.82 Å². The summed E-state index contributed by atoms with van der Waals surface area (Å²) >= 11 is 18.3. The Morgan fingerprint density at radius 2 is 1.82 bits per heavy atom. The molecule has 1 saturated heterocycles. The Morgan fingerprint density at radius 1 is 1.06 bits per heavy atom. The van der Waals surface area contributed by atoms with E-state index in [1.807, 2.05) is 18.2 Å². The van der Waals surface area contributed by atoms with Gasteiger partial charge in [-0.05, 0) is 59.7 Å². The predicted molar refractivity (Wildman–Crippen MR) is 136 cm³/mol. The molecule has 3 aromatic rings. The van der Waals surface area contributed by atoms with Crippen LogP contribution < -0.4 is 14.4 Å². The molecule has 9 heteroatoms. The minimum absolute atomic E-state index is 0.0792. The molecular weight excluding hydrogens is 504 g/mol. The molecule has 0 atom stereocenters. The first-order chi connectivity index (χ1) is 15.9. The lowest BCUT2D eigenvalue weighted by molar-refractivity contribution is -0.113. The number of carbonyl (C=O) groups excluding carboxylic acids is 1. The molecule has 0 spiro atoms. The van der Waals surface area contributed by atoms with Crippen molar-refractivity contribution in [3.63, 3.8) is 0 Å². The van der Waals surface area contributed by atoms with Crippen LogP contribution in [0.1, 0.15) is 11.1 Å². The summed E-state index contributed by atoms with van der Waals surface area (Å²) < 4.78 is 25.2. The van der Waals surface area contributed by atoms with Crippen LogP contribution in [0.5, 0.6) is 11.5 Å². The third-order valence-electron chi connectivity index (χ3n) is 4.75. The molecule has 1 aliphatic rings. The Morgan fingerprint density at radius 3 is 2.52 bits per heavy atom. The molecule has 0 aromatic heterocycles. The van der Waals surface area contributed by atoms with Crippen LogP contribution in [0.25, 0.3) is 6.08 Å². The molecule has 1 heterocycles. The van der Waals surface area contributed by atoms with E-state index in [2.05, 4.69) is 0 Å². The summed E-state index contributed by atoms with van der Waals surface area (Å²) in [4.78, 5) is 14.7. The van der Waals surface area contributed by atoms with Gasteiger partial charge in [0, 0.05) is 5.02 Å². The fourth-order valence-corrected chi connectivity index (χ4v) is 4.70. The summed E-state index contributed by atoms with van der Waals surface area (Å²) in [5, 5.41) is 0.582. The number of benzene rings is 3.